The number of fused-ring (bicyclic) bond motifs is 1. The standard InChI is InChI=1S/C29H15F18N3O2/c30-22(31,24(34,35)26(38,39)28(42,43)44)12-51-20-48-19(18-9-8-16-10-15(6-7-17(16)11-18)14-4-2-1-3-5-14)49-21(50-20)52-13-23(32,33)25(36,37)27(40,41)29(45,46)47/h1-11H,12-13H2. The predicted molar refractivity (Wildman–Crippen MR) is 141 cm³/mol. The molecule has 0 fully saturated rings. The van der Waals surface area contributed by atoms with Crippen LogP contribution in [0, 0.1) is 0 Å². The number of alkyl halides is 18. The van der Waals surface area contributed by atoms with Crippen molar-refractivity contribution in [3.05, 3.63) is 66.7 Å². The fraction of sp³-hybridized carbons (Fsp3) is 0.345. The third kappa shape index (κ3) is 7.17. The van der Waals surface area contributed by atoms with Crippen LogP contribution in [0.2, 0.25) is 0 Å². The smallest absolute Gasteiger partial charge is 0.457 e. The molecule has 4 aromatic rings. The lowest BCUT2D eigenvalue weighted by Gasteiger charge is -2.33. The van der Waals surface area contributed by atoms with Crippen LogP contribution in [-0.4, -0.2) is 76.1 Å². The van der Waals surface area contributed by atoms with Gasteiger partial charge in [-0.2, -0.15) is 89.0 Å². The van der Waals surface area contributed by atoms with E-state index in [0.29, 0.717) is 16.3 Å². The molecule has 0 saturated carbocycles. The third-order valence-corrected chi connectivity index (χ3v) is 6.98. The van der Waals surface area contributed by atoms with Gasteiger partial charge in [0.1, 0.15) is 0 Å². The van der Waals surface area contributed by atoms with Crippen molar-refractivity contribution in [3.63, 3.8) is 0 Å². The van der Waals surface area contributed by atoms with E-state index >= 15 is 0 Å². The summed E-state index contributed by atoms with van der Waals surface area (Å²) in [6, 6.07) is 13.3. The fourth-order valence-electron chi connectivity index (χ4n) is 4.10. The summed E-state index contributed by atoms with van der Waals surface area (Å²) >= 11 is 0. The first-order valence-electron chi connectivity index (χ1n) is 13.6. The van der Waals surface area contributed by atoms with Crippen molar-refractivity contribution in [1.82, 2.24) is 15.0 Å². The predicted octanol–water partition coefficient (Wildman–Crippen LogP) is 10.1. The molecule has 0 aliphatic heterocycles. The lowest BCUT2D eigenvalue weighted by Crippen LogP contribution is -2.62. The van der Waals surface area contributed by atoms with Gasteiger partial charge in [-0.25, -0.2) is 0 Å². The third-order valence-electron chi connectivity index (χ3n) is 6.98. The highest BCUT2D eigenvalue weighted by molar-refractivity contribution is 5.90. The number of nitrogens with zero attached hydrogens (tertiary/aromatic N) is 3. The average molecular weight is 779 g/mol. The molecule has 0 bridgehead atoms. The Labute approximate surface area is 277 Å². The van der Waals surface area contributed by atoms with Gasteiger partial charge in [0, 0.05) is 5.56 Å². The molecule has 0 saturated heterocycles. The summed E-state index contributed by atoms with van der Waals surface area (Å²) in [5, 5.41) is 0.760. The number of hydrogen-bond acceptors (Lipinski definition) is 5. The van der Waals surface area contributed by atoms with Gasteiger partial charge < -0.3 is 9.47 Å². The molecule has 3 aromatic carbocycles. The summed E-state index contributed by atoms with van der Waals surface area (Å²) in [4.78, 5) is 9.46. The zero-order valence-electron chi connectivity index (χ0n) is 24.7. The topological polar surface area (TPSA) is 57.1 Å². The molecule has 23 heteroatoms. The maximum Gasteiger partial charge on any atom is 0.460 e. The Morgan fingerprint density at radius 3 is 1.19 bits per heavy atom. The monoisotopic (exact) mass is 779 g/mol. The molecular formula is C29H15F18N3O2. The molecule has 0 aliphatic carbocycles. The summed E-state index contributed by atoms with van der Waals surface area (Å²) in [7, 11) is 0. The van der Waals surface area contributed by atoms with Gasteiger partial charge in [0.05, 0.1) is 0 Å². The van der Waals surface area contributed by atoms with Gasteiger partial charge in [-0.3, -0.25) is 0 Å². The van der Waals surface area contributed by atoms with E-state index in [2.05, 4.69) is 24.4 Å². The second-order valence-corrected chi connectivity index (χ2v) is 10.6. The maximum atomic E-state index is 14.1. The SMILES string of the molecule is FC(F)(F)C(F)(F)C(F)(F)C(F)(F)COc1nc(OCC(F)(F)C(F)(F)C(F)(F)C(F)(F)F)nc(-c2ccc3cc(-c4ccccc4)ccc3c2)n1. The molecule has 0 amide bonds. The molecule has 5 nitrogen and oxygen atoms in total. The van der Waals surface area contributed by atoms with Crippen molar-refractivity contribution < 1.29 is 88.5 Å². The molecule has 1 heterocycles. The summed E-state index contributed by atoms with van der Waals surface area (Å²) in [5.41, 5.74) is 1.11. The molecule has 52 heavy (non-hydrogen) atoms. The quantitative estimate of drug-likeness (QED) is 0.134. The van der Waals surface area contributed by atoms with Gasteiger partial charge in [-0.05, 0) is 34.0 Å². The highest BCUT2D eigenvalue weighted by Crippen LogP contribution is 2.54. The van der Waals surface area contributed by atoms with Gasteiger partial charge in [-0.15, -0.1) is 4.98 Å². The number of hydrogen-bond donors (Lipinski definition) is 0. The van der Waals surface area contributed by atoms with Crippen LogP contribution in [0.15, 0.2) is 66.7 Å². The summed E-state index contributed by atoms with van der Waals surface area (Å²) < 4.78 is 247. The molecule has 0 unspecified atom stereocenters. The van der Waals surface area contributed by atoms with Crippen LogP contribution < -0.4 is 9.47 Å². The number of rotatable bonds is 12. The maximum absolute atomic E-state index is 14.1. The minimum Gasteiger partial charge on any atom is -0.457 e. The molecule has 0 N–H and O–H groups in total. The number of benzene rings is 3. The fourth-order valence-corrected chi connectivity index (χ4v) is 4.10. The Kier molecular flexibility index (Phi) is 10.0. The first kappa shape index (κ1) is 40.0. The molecule has 4 rings (SSSR count). The normalized spacial score (nSPS) is 14.1. The van der Waals surface area contributed by atoms with Crippen molar-refractivity contribution in [3.8, 4) is 34.5 Å². The largest absolute Gasteiger partial charge is 0.460 e. The number of ether oxygens (including phenoxy) is 2. The van der Waals surface area contributed by atoms with Crippen molar-refractivity contribution in [1.29, 1.82) is 0 Å². The van der Waals surface area contributed by atoms with Crippen molar-refractivity contribution in [2.45, 2.75) is 47.9 Å². The van der Waals surface area contributed by atoms with E-state index in [4.69, 9.17) is 0 Å². The Hall–Kier alpha value is -4.73. The first-order chi connectivity index (χ1) is 23.6. The molecule has 284 valence electrons. The molecular weight excluding hydrogens is 764 g/mol. The zero-order valence-corrected chi connectivity index (χ0v) is 24.7. The zero-order chi connectivity index (χ0) is 39.3. The first-order valence-corrected chi connectivity index (χ1v) is 13.6. The molecule has 0 atom stereocenters. The Morgan fingerprint density at radius 1 is 0.404 bits per heavy atom. The van der Waals surface area contributed by atoms with Crippen molar-refractivity contribution in [2.24, 2.45) is 0 Å². The molecule has 0 aliphatic rings. The number of halogens is 18. The van der Waals surface area contributed by atoms with Crippen LogP contribution >= 0.6 is 0 Å². The van der Waals surface area contributed by atoms with Crippen LogP contribution in [-0.2, 0) is 0 Å². The van der Waals surface area contributed by atoms with Gasteiger partial charge in [0.15, 0.2) is 19.0 Å². The van der Waals surface area contributed by atoms with Gasteiger partial charge in [-0.1, -0.05) is 54.6 Å². The van der Waals surface area contributed by atoms with Crippen LogP contribution in [0.3, 0.4) is 0 Å². The van der Waals surface area contributed by atoms with Crippen LogP contribution in [0.1, 0.15) is 0 Å². The Morgan fingerprint density at radius 2 is 0.788 bits per heavy atom. The van der Waals surface area contributed by atoms with Crippen LogP contribution in [0.25, 0.3) is 33.3 Å². The second kappa shape index (κ2) is 13.0. The van der Waals surface area contributed by atoms with Gasteiger partial charge in [0.2, 0.25) is 0 Å². The highest BCUT2D eigenvalue weighted by atomic mass is 19.4. The van der Waals surface area contributed by atoms with E-state index in [1.807, 2.05) is 0 Å². The van der Waals surface area contributed by atoms with Gasteiger partial charge in [0.25, 0.3) is 0 Å². The minimum atomic E-state index is -7.37. The Balaban J connectivity index is 1.73. The van der Waals surface area contributed by atoms with E-state index < -0.39 is 78.9 Å². The van der Waals surface area contributed by atoms with Crippen molar-refractivity contribution in [2.75, 3.05) is 13.2 Å². The Bertz CT molecular complexity index is 1820. The van der Waals surface area contributed by atoms with E-state index in [-0.39, 0.29) is 5.56 Å². The summed E-state index contributed by atoms with van der Waals surface area (Å²) in [6.45, 7) is -6.22. The van der Waals surface area contributed by atoms with E-state index in [0.717, 1.165) is 17.7 Å². The van der Waals surface area contributed by atoms with Crippen LogP contribution in [0.4, 0.5) is 79.0 Å². The average Bonchev–Trinajstić information content (AvgIpc) is 3.05. The number of aromatic nitrogens is 3. The lowest BCUT2D eigenvalue weighted by atomic mass is 10.00. The summed E-state index contributed by atoms with van der Waals surface area (Å²) in [6.07, 6.45) is -14.5. The lowest BCUT2D eigenvalue weighted by molar-refractivity contribution is -0.398. The second-order valence-electron chi connectivity index (χ2n) is 10.6. The van der Waals surface area contributed by atoms with E-state index in [1.54, 1.807) is 42.5 Å². The van der Waals surface area contributed by atoms with E-state index in [9.17, 15) is 79.0 Å². The highest BCUT2D eigenvalue weighted by Gasteiger charge is 2.83. The molecule has 0 radical (unpaired) electrons. The molecule has 0 spiro atoms. The summed E-state index contributed by atoms with van der Waals surface area (Å²) in [5.74, 6) is -43.0. The van der Waals surface area contributed by atoms with E-state index in [1.165, 1.54) is 12.1 Å². The van der Waals surface area contributed by atoms with Crippen LogP contribution in [0.5, 0.6) is 12.0 Å². The minimum absolute atomic E-state index is 0.295. The van der Waals surface area contributed by atoms with Crippen molar-refractivity contribution >= 4 is 10.8 Å². The molecule has 1 aromatic heterocycles. The van der Waals surface area contributed by atoms with Gasteiger partial charge >= 0.3 is 59.9 Å².